The molecule has 3 aromatic heterocycles. The van der Waals surface area contributed by atoms with Crippen molar-refractivity contribution in [1.29, 1.82) is 0 Å². The topological polar surface area (TPSA) is 84.7 Å². The zero-order valence-corrected chi connectivity index (χ0v) is 20.4. The zero-order valence-electron chi connectivity index (χ0n) is 20.4. The Morgan fingerprint density at radius 3 is 2.31 bits per heavy atom. The number of hydrogen-bond donors (Lipinski definition) is 0. The highest BCUT2D eigenvalue weighted by atomic mass is 16.5. The molecular formula is C26H27N5O4. The van der Waals surface area contributed by atoms with Gasteiger partial charge in [-0.1, -0.05) is 35.9 Å². The third-order valence-corrected chi connectivity index (χ3v) is 6.48. The molecule has 0 N–H and O–H groups in total. The van der Waals surface area contributed by atoms with Crippen molar-refractivity contribution in [2.75, 3.05) is 14.2 Å². The van der Waals surface area contributed by atoms with Crippen molar-refractivity contribution in [3.05, 3.63) is 80.6 Å². The van der Waals surface area contributed by atoms with Gasteiger partial charge in [0, 0.05) is 26.8 Å². The lowest BCUT2D eigenvalue weighted by atomic mass is 10.1. The molecule has 0 saturated carbocycles. The number of aryl methyl sites for hydroxylation is 4. The number of rotatable bonds is 6. The second-order valence-electron chi connectivity index (χ2n) is 8.63. The van der Waals surface area contributed by atoms with E-state index < -0.39 is 5.69 Å². The second kappa shape index (κ2) is 8.50. The lowest BCUT2D eigenvalue weighted by molar-refractivity contribution is 0.354. The molecule has 0 saturated heterocycles. The Kier molecular flexibility index (Phi) is 5.47. The molecule has 180 valence electrons. The van der Waals surface area contributed by atoms with Gasteiger partial charge in [0.15, 0.2) is 22.7 Å². The minimum atomic E-state index is -0.404. The highest BCUT2D eigenvalue weighted by molar-refractivity contribution is 5.78. The van der Waals surface area contributed by atoms with E-state index in [1.807, 2.05) is 31.3 Å². The van der Waals surface area contributed by atoms with Gasteiger partial charge >= 0.3 is 5.69 Å². The van der Waals surface area contributed by atoms with Gasteiger partial charge in [0.05, 0.1) is 19.9 Å². The lowest BCUT2D eigenvalue weighted by Gasteiger charge is -2.12. The van der Waals surface area contributed by atoms with Crippen LogP contribution < -0.4 is 20.7 Å². The maximum absolute atomic E-state index is 13.0. The molecule has 0 radical (unpaired) electrons. The average molecular weight is 474 g/mol. The van der Waals surface area contributed by atoms with E-state index in [4.69, 9.17) is 14.5 Å². The summed E-state index contributed by atoms with van der Waals surface area (Å²) in [6.07, 6.45) is 2.62. The molecule has 0 aliphatic heterocycles. The van der Waals surface area contributed by atoms with Gasteiger partial charge in [0.1, 0.15) is 0 Å². The van der Waals surface area contributed by atoms with Crippen LogP contribution in [0.25, 0.3) is 28.2 Å². The summed E-state index contributed by atoms with van der Waals surface area (Å²) in [4.78, 5) is 30.3. The van der Waals surface area contributed by atoms with Crippen molar-refractivity contribution in [2.24, 2.45) is 14.1 Å². The summed E-state index contributed by atoms with van der Waals surface area (Å²) in [5.74, 6) is 1.96. The fourth-order valence-electron chi connectivity index (χ4n) is 4.47. The van der Waals surface area contributed by atoms with Gasteiger partial charge in [0.25, 0.3) is 5.56 Å². The SMILES string of the molecule is COc1ccc(CCn2c(-c3ccc(C)cc3)cn3c4c(=O)n(C)c(=O)n(C)c4nc23)cc1OC. The Labute approximate surface area is 201 Å². The van der Waals surface area contributed by atoms with Crippen LogP contribution >= 0.6 is 0 Å². The molecular weight excluding hydrogens is 446 g/mol. The van der Waals surface area contributed by atoms with Crippen molar-refractivity contribution >= 4 is 16.9 Å². The van der Waals surface area contributed by atoms with Crippen LogP contribution in [-0.4, -0.2) is 37.3 Å². The summed E-state index contributed by atoms with van der Waals surface area (Å²) in [7, 11) is 6.35. The van der Waals surface area contributed by atoms with Crippen LogP contribution in [0.3, 0.4) is 0 Å². The highest BCUT2D eigenvalue weighted by Crippen LogP contribution is 2.29. The van der Waals surface area contributed by atoms with Crippen molar-refractivity contribution in [3.63, 3.8) is 0 Å². The Morgan fingerprint density at radius 1 is 0.914 bits per heavy atom. The Balaban J connectivity index is 1.69. The Hall–Kier alpha value is -4.27. The fourth-order valence-corrected chi connectivity index (χ4v) is 4.47. The lowest BCUT2D eigenvalue weighted by Crippen LogP contribution is -2.37. The number of methoxy groups -OCH3 is 2. The first kappa shape index (κ1) is 22.5. The van der Waals surface area contributed by atoms with Crippen molar-refractivity contribution in [1.82, 2.24) is 23.1 Å². The summed E-state index contributed by atoms with van der Waals surface area (Å²) in [5.41, 5.74) is 4.15. The summed E-state index contributed by atoms with van der Waals surface area (Å²) >= 11 is 0. The summed E-state index contributed by atoms with van der Waals surface area (Å²) in [6, 6.07) is 14.1. The van der Waals surface area contributed by atoms with Crippen LogP contribution in [0.1, 0.15) is 11.1 Å². The average Bonchev–Trinajstić information content (AvgIpc) is 3.41. The largest absolute Gasteiger partial charge is 0.493 e. The Morgan fingerprint density at radius 2 is 1.63 bits per heavy atom. The van der Waals surface area contributed by atoms with Gasteiger partial charge in [0.2, 0.25) is 5.78 Å². The van der Waals surface area contributed by atoms with Crippen LogP contribution in [0.5, 0.6) is 11.5 Å². The number of benzene rings is 2. The number of aromatic nitrogens is 5. The molecule has 0 aliphatic rings. The third kappa shape index (κ3) is 3.60. The van der Waals surface area contributed by atoms with E-state index >= 15 is 0 Å². The van der Waals surface area contributed by atoms with E-state index in [-0.39, 0.29) is 5.56 Å². The van der Waals surface area contributed by atoms with Gasteiger partial charge in [-0.2, -0.15) is 4.98 Å². The maximum atomic E-state index is 13.0. The molecule has 0 amide bonds. The monoisotopic (exact) mass is 473 g/mol. The predicted octanol–water partition coefficient (Wildman–Crippen LogP) is 2.92. The first-order valence-electron chi connectivity index (χ1n) is 11.3. The van der Waals surface area contributed by atoms with E-state index in [0.29, 0.717) is 41.4 Å². The van der Waals surface area contributed by atoms with Crippen molar-refractivity contribution in [2.45, 2.75) is 19.9 Å². The molecule has 0 bridgehead atoms. The Bertz CT molecular complexity index is 1690. The molecule has 5 rings (SSSR count). The molecule has 0 spiro atoms. The molecule has 9 nitrogen and oxygen atoms in total. The standard InChI is InChI=1S/C26H27N5O4/c1-16-6-9-18(10-7-16)19-15-31-22-23(28(2)26(33)29(3)24(22)32)27-25(31)30(19)13-12-17-8-11-20(34-4)21(14-17)35-5/h6-11,14-15H,12-13H2,1-5H3. The molecule has 5 aromatic rings. The smallest absolute Gasteiger partial charge is 0.332 e. The molecule has 3 heterocycles. The highest BCUT2D eigenvalue weighted by Gasteiger charge is 2.21. The summed E-state index contributed by atoms with van der Waals surface area (Å²) in [6.45, 7) is 2.65. The minimum absolute atomic E-state index is 0.364. The van der Waals surface area contributed by atoms with E-state index in [0.717, 1.165) is 27.0 Å². The molecule has 35 heavy (non-hydrogen) atoms. The molecule has 0 fully saturated rings. The first-order valence-corrected chi connectivity index (χ1v) is 11.3. The van der Waals surface area contributed by atoms with Gasteiger partial charge in [-0.3, -0.25) is 18.3 Å². The predicted molar refractivity (Wildman–Crippen MR) is 135 cm³/mol. The van der Waals surface area contributed by atoms with Crippen molar-refractivity contribution in [3.8, 4) is 22.8 Å². The van der Waals surface area contributed by atoms with Gasteiger partial charge in [-0.25, -0.2) is 4.79 Å². The van der Waals surface area contributed by atoms with Crippen LogP contribution in [-0.2, 0) is 27.1 Å². The number of nitrogens with zero attached hydrogens (tertiary/aromatic N) is 5. The molecule has 0 aliphatic carbocycles. The normalized spacial score (nSPS) is 11.5. The van der Waals surface area contributed by atoms with Crippen LogP contribution in [0, 0.1) is 6.92 Å². The number of fused-ring (bicyclic) bond motifs is 3. The molecule has 9 heteroatoms. The third-order valence-electron chi connectivity index (χ3n) is 6.48. The van der Waals surface area contributed by atoms with Crippen LogP contribution in [0.15, 0.2) is 58.3 Å². The van der Waals surface area contributed by atoms with E-state index in [9.17, 15) is 9.59 Å². The minimum Gasteiger partial charge on any atom is -0.493 e. The van der Waals surface area contributed by atoms with E-state index in [2.05, 4.69) is 28.8 Å². The number of ether oxygens (including phenoxy) is 2. The molecule has 0 atom stereocenters. The summed E-state index contributed by atoms with van der Waals surface area (Å²) in [5, 5.41) is 0. The van der Waals surface area contributed by atoms with Crippen LogP contribution in [0.2, 0.25) is 0 Å². The first-order chi connectivity index (χ1) is 16.8. The number of imidazole rings is 2. The maximum Gasteiger partial charge on any atom is 0.332 e. The number of hydrogen-bond acceptors (Lipinski definition) is 5. The van der Waals surface area contributed by atoms with Gasteiger partial charge in [-0.05, 0) is 36.6 Å². The second-order valence-corrected chi connectivity index (χ2v) is 8.63. The van der Waals surface area contributed by atoms with E-state index in [1.165, 1.54) is 11.6 Å². The molecule has 0 unspecified atom stereocenters. The summed E-state index contributed by atoms with van der Waals surface area (Å²) < 4.78 is 17.2. The van der Waals surface area contributed by atoms with Crippen LogP contribution in [0.4, 0.5) is 0 Å². The molecule has 2 aromatic carbocycles. The van der Waals surface area contributed by atoms with Crippen molar-refractivity contribution < 1.29 is 9.47 Å². The fraction of sp³-hybridized carbons (Fsp3) is 0.269. The zero-order chi connectivity index (χ0) is 24.9. The quantitative estimate of drug-likeness (QED) is 0.379. The van der Waals surface area contributed by atoms with E-state index in [1.54, 1.807) is 25.7 Å². The van der Waals surface area contributed by atoms with Gasteiger partial charge in [-0.15, -0.1) is 0 Å². The van der Waals surface area contributed by atoms with Gasteiger partial charge < -0.3 is 14.0 Å².